The highest BCUT2D eigenvalue weighted by Crippen LogP contribution is 2.22. The van der Waals surface area contributed by atoms with Crippen LogP contribution in [0.15, 0.2) is 22.7 Å². The topological polar surface area (TPSA) is 81.4 Å². The Bertz CT molecular complexity index is 482. The summed E-state index contributed by atoms with van der Waals surface area (Å²) in [5.41, 5.74) is 6.06. The summed E-state index contributed by atoms with van der Waals surface area (Å²) < 4.78 is 5.48. The van der Waals surface area contributed by atoms with Gasteiger partial charge in [0.15, 0.2) is 0 Å². The molecule has 3 N–H and O–H groups in total. The first-order valence-electron chi connectivity index (χ1n) is 5.45. The van der Waals surface area contributed by atoms with E-state index in [4.69, 9.17) is 17.3 Å². The number of ether oxygens (including phenoxy) is 1. The van der Waals surface area contributed by atoms with Crippen LogP contribution in [0.3, 0.4) is 0 Å². The Kier molecular flexibility index (Phi) is 6.27. The maximum absolute atomic E-state index is 11.4. The molecule has 0 bridgehead atoms. The van der Waals surface area contributed by atoms with E-state index in [-0.39, 0.29) is 13.0 Å². The summed E-state index contributed by atoms with van der Waals surface area (Å²) in [5, 5.41) is 3.06. The van der Waals surface area contributed by atoms with Crippen LogP contribution in [0, 0.1) is 0 Å². The van der Waals surface area contributed by atoms with Gasteiger partial charge < -0.3 is 15.8 Å². The molecular weight excluding hydrogens is 336 g/mol. The molecule has 19 heavy (non-hydrogen) atoms. The van der Waals surface area contributed by atoms with Crippen LogP contribution in [0.2, 0.25) is 5.02 Å². The van der Waals surface area contributed by atoms with Gasteiger partial charge in [0.05, 0.1) is 0 Å². The van der Waals surface area contributed by atoms with Crippen molar-refractivity contribution >= 4 is 39.3 Å². The molecule has 0 saturated heterocycles. The van der Waals surface area contributed by atoms with Gasteiger partial charge >= 0.3 is 0 Å². The summed E-state index contributed by atoms with van der Waals surface area (Å²) >= 11 is 9.25. The van der Waals surface area contributed by atoms with E-state index in [1.807, 2.05) is 0 Å². The van der Waals surface area contributed by atoms with Gasteiger partial charge in [-0.2, -0.15) is 0 Å². The first-order valence-corrected chi connectivity index (χ1v) is 6.62. The molecule has 0 unspecified atom stereocenters. The Hall–Kier alpha value is -1.11. The molecule has 1 atom stereocenters. The minimum atomic E-state index is -0.808. The Morgan fingerprint density at radius 3 is 2.79 bits per heavy atom. The van der Waals surface area contributed by atoms with Crippen molar-refractivity contribution in [3.8, 4) is 0 Å². The van der Waals surface area contributed by atoms with Crippen LogP contribution < -0.4 is 11.1 Å². The molecule has 0 aromatic heterocycles. The normalized spacial score (nSPS) is 11.9. The zero-order chi connectivity index (χ0) is 14.4. The number of nitrogens with one attached hydrogen (secondary N) is 1. The molecule has 0 spiro atoms. The molecule has 0 saturated carbocycles. The number of benzene rings is 1. The number of primary amides is 1. The van der Waals surface area contributed by atoms with Gasteiger partial charge in [-0.3, -0.25) is 9.59 Å². The van der Waals surface area contributed by atoms with Crippen molar-refractivity contribution in [2.45, 2.75) is 12.5 Å². The number of carbonyl (C=O) groups excluding carboxylic acids is 2. The van der Waals surface area contributed by atoms with Crippen molar-refractivity contribution in [2.75, 3.05) is 13.7 Å². The van der Waals surface area contributed by atoms with Crippen LogP contribution in [0.25, 0.3) is 0 Å². The molecule has 0 aliphatic heterocycles. The number of carbonyl (C=O) groups is 2. The predicted molar refractivity (Wildman–Crippen MR) is 75.9 cm³/mol. The highest BCUT2D eigenvalue weighted by Gasteiger charge is 2.19. The Labute approximate surface area is 124 Å². The number of rotatable bonds is 6. The highest BCUT2D eigenvalue weighted by atomic mass is 79.9. The number of nitrogens with two attached hydrogens (primary N) is 1. The Balaban J connectivity index is 2.81. The lowest BCUT2D eigenvalue weighted by Crippen LogP contribution is -2.47. The fraction of sp³-hybridized carbons (Fsp3) is 0.333. The molecule has 1 rings (SSSR count). The third kappa shape index (κ3) is 5.18. The molecule has 104 valence electrons. The van der Waals surface area contributed by atoms with Gasteiger partial charge in [0, 0.05) is 23.0 Å². The fourth-order valence-corrected chi connectivity index (χ4v) is 2.11. The number of amides is 2. The van der Waals surface area contributed by atoms with E-state index in [1.54, 1.807) is 18.2 Å². The second-order valence-corrected chi connectivity index (χ2v) is 5.19. The molecule has 0 heterocycles. The van der Waals surface area contributed by atoms with Gasteiger partial charge in [-0.1, -0.05) is 27.5 Å². The molecule has 1 aromatic rings. The lowest BCUT2D eigenvalue weighted by Gasteiger charge is -2.16. The molecule has 7 heteroatoms. The summed E-state index contributed by atoms with van der Waals surface area (Å²) in [6.45, 7) is -0.125. The molecule has 0 fully saturated rings. The van der Waals surface area contributed by atoms with Crippen LogP contribution in [0.1, 0.15) is 5.56 Å². The molecule has 0 aliphatic carbocycles. The van der Waals surface area contributed by atoms with Gasteiger partial charge in [-0.25, -0.2) is 0 Å². The quantitative estimate of drug-likeness (QED) is 0.811. The van der Waals surface area contributed by atoms with E-state index in [9.17, 15) is 9.59 Å². The van der Waals surface area contributed by atoms with Crippen LogP contribution >= 0.6 is 27.5 Å². The molecule has 2 amide bonds. The van der Waals surface area contributed by atoms with Crippen LogP contribution in [0.4, 0.5) is 0 Å². The van der Waals surface area contributed by atoms with Crippen LogP contribution in [-0.2, 0) is 20.7 Å². The zero-order valence-corrected chi connectivity index (χ0v) is 12.6. The predicted octanol–water partition coefficient (Wildman–Crippen LogP) is 1.26. The van der Waals surface area contributed by atoms with Gasteiger partial charge in [0.25, 0.3) is 0 Å². The summed E-state index contributed by atoms with van der Waals surface area (Å²) in [6.07, 6.45) is 0.256. The first-order chi connectivity index (χ1) is 8.93. The van der Waals surface area contributed by atoms with Crippen molar-refractivity contribution in [3.05, 3.63) is 33.3 Å². The molecule has 5 nitrogen and oxygen atoms in total. The maximum atomic E-state index is 11.4. The van der Waals surface area contributed by atoms with Crippen molar-refractivity contribution in [1.82, 2.24) is 5.32 Å². The van der Waals surface area contributed by atoms with Crippen molar-refractivity contribution in [2.24, 2.45) is 5.73 Å². The molecular formula is C12H14BrClN2O3. The van der Waals surface area contributed by atoms with Gasteiger partial charge in [0.1, 0.15) is 12.6 Å². The minimum absolute atomic E-state index is 0.125. The zero-order valence-electron chi connectivity index (χ0n) is 10.3. The highest BCUT2D eigenvalue weighted by molar-refractivity contribution is 9.10. The molecule has 1 aromatic carbocycles. The Morgan fingerprint density at radius 1 is 1.53 bits per heavy atom. The van der Waals surface area contributed by atoms with E-state index in [2.05, 4.69) is 26.0 Å². The third-order valence-electron chi connectivity index (χ3n) is 2.39. The van der Waals surface area contributed by atoms with Gasteiger partial charge in [0.2, 0.25) is 11.8 Å². The molecule has 0 radical (unpaired) electrons. The smallest absolute Gasteiger partial charge is 0.246 e. The monoisotopic (exact) mass is 348 g/mol. The first kappa shape index (κ1) is 15.9. The minimum Gasteiger partial charge on any atom is -0.375 e. The standard InChI is InChI=1S/C12H14BrClN2O3/c1-19-6-11(17)16-10(12(15)18)5-7-4-8(14)2-3-9(7)13/h2-4,10H,5-6H2,1H3,(H2,15,18)(H,16,17)/t10-/m0/s1. The van der Waals surface area contributed by atoms with Crippen LogP contribution in [-0.4, -0.2) is 31.6 Å². The van der Waals surface area contributed by atoms with Crippen molar-refractivity contribution < 1.29 is 14.3 Å². The number of hydrogen-bond donors (Lipinski definition) is 2. The van der Waals surface area contributed by atoms with Crippen molar-refractivity contribution in [3.63, 3.8) is 0 Å². The average Bonchev–Trinajstić information content (AvgIpc) is 2.33. The largest absolute Gasteiger partial charge is 0.375 e. The van der Waals surface area contributed by atoms with E-state index in [0.29, 0.717) is 5.02 Å². The van der Waals surface area contributed by atoms with E-state index < -0.39 is 17.9 Å². The fourth-order valence-electron chi connectivity index (χ4n) is 1.51. The number of halogens is 2. The summed E-state index contributed by atoms with van der Waals surface area (Å²) in [4.78, 5) is 22.8. The van der Waals surface area contributed by atoms with Gasteiger partial charge in [-0.15, -0.1) is 0 Å². The SMILES string of the molecule is COCC(=O)N[C@@H](Cc1cc(Cl)ccc1Br)C(N)=O. The summed E-state index contributed by atoms with van der Waals surface area (Å²) in [7, 11) is 1.40. The average molecular weight is 350 g/mol. The van der Waals surface area contributed by atoms with Crippen LogP contribution in [0.5, 0.6) is 0 Å². The molecule has 0 aliphatic rings. The number of methoxy groups -OCH3 is 1. The van der Waals surface area contributed by atoms with E-state index in [1.165, 1.54) is 7.11 Å². The number of hydrogen-bond acceptors (Lipinski definition) is 3. The maximum Gasteiger partial charge on any atom is 0.246 e. The third-order valence-corrected chi connectivity index (χ3v) is 3.39. The van der Waals surface area contributed by atoms with E-state index in [0.717, 1.165) is 10.0 Å². The van der Waals surface area contributed by atoms with E-state index >= 15 is 0 Å². The second kappa shape index (κ2) is 7.47. The summed E-state index contributed by atoms with van der Waals surface area (Å²) in [6, 6.07) is 4.40. The summed E-state index contributed by atoms with van der Waals surface area (Å²) in [5.74, 6) is -1.01. The Morgan fingerprint density at radius 2 is 2.21 bits per heavy atom. The lowest BCUT2D eigenvalue weighted by molar-refractivity contribution is -0.129. The lowest BCUT2D eigenvalue weighted by atomic mass is 10.1. The second-order valence-electron chi connectivity index (χ2n) is 3.90. The van der Waals surface area contributed by atoms with Gasteiger partial charge in [-0.05, 0) is 23.8 Å². The van der Waals surface area contributed by atoms with Crippen molar-refractivity contribution in [1.29, 1.82) is 0 Å².